The SMILES string of the molecule is CCCC1(O)CN(CC(=O)NC2(C#N)CCCC2)C1. The number of nitriles is 1. The minimum absolute atomic E-state index is 0.0954. The van der Waals surface area contributed by atoms with Gasteiger partial charge in [0.15, 0.2) is 0 Å². The van der Waals surface area contributed by atoms with E-state index in [4.69, 9.17) is 0 Å². The van der Waals surface area contributed by atoms with Crippen molar-refractivity contribution in [2.24, 2.45) is 0 Å². The van der Waals surface area contributed by atoms with E-state index in [1.807, 2.05) is 11.8 Å². The normalized spacial score (nSPS) is 24.5. The van der Waals surface area contributed by atoms with Crippen LogP contribution in [0, 0.1) is 11.3 Å². The third kappa shape index (κ3) is 3.26. The summed E-state index contributed by atoms with van der Waals surface area (Å²) >= 11 is 0. The van der Waals surface area contributed by atoms with E-state index in [1.54, 1.807) is 0 Å². The molecule has 2 rings (SSSR count). The van der Waals surface area contributed by atoms with E-state index >= 15 is 0 Å². The average Bonchev–Trinajstić information content (AvgIpc) is 2.76. The molecule has 1 aliphatic carbocycles. The highest BCUT2D eigenvalue weighted by atomic mass is 16.3. The number of carbonyl (C=O) groups is 1. The van der Waals surface area contributed by atoms with E-state index < -0.39 is 11.1 Å². The fourth-order valence-electron chi connectivity index (χ4n) is 3.27. The first-order chi connectivity index (χ1) is 9.01. The molecular formula is C14H23N3O2. The molecular weight excluding hydrogens is 242 g/mol. The average molecular weight is 265 g/mol. The van der Waals surface area contributed by atoms with Crippen molar-refractivity contribution in [2.75, 3.05) is 19.6 Å². The number of nitrogens with zero attached hydrogens (tertiary/aromatic N) is 2. The number of likely N-dealkylation sites (tertiary alicyclic amines) is 1. The molecule has 1 amide bonds. The Morgan fingerprint density at radius 3 is 2.58 bits per heavy atom. The topological polar surface area (TPSA) is 76.4 Å². The second-order valence-electron chi connectivity index (χ2n) is 6.07. The molecule has 1 saturated heterocycles. The van der Waals surface area contributed by atoms with Gasteiger partial charge in [0.25, 0.3) is 0 Å². The van der Waals surface area contributed by atoms with Crippen LogP contribution in [0.15, 0.2) is 0 Å². The van der Waals surface area contributed by atoms with Crippen molar-refractivity contribution in [1.82, 2.24) is 10.2 Å². The third-order valence-electron chi connectivity index (χ3n) is 4.17. The smallest absolute Gasteiger partial charge is 0.235 e. The lowest BCUT2D eigenvalue weighted by molar-refractivity contribution is -0.134. The van der Waals surface area contributed by atoms with Crippen LogP contribution < -0.4 is 5.32 Å². The van der Waals surface area contributed by atoms with Gasteiger partial charge in [0, 0.05) is 13.1 Å². The Labute approximate surface area is 114 Å². The molecule has 2 aliphatic rings. The van der Waals surface area contributed by atoms with Crippen LogP contribution in [-0.2, 0) is 4.79 Å². The van der Waals surface area contributed by atoms with Crippen molar-refractivity contribution >= 4 is 5.91 Å². The second kappa shape index (κ2) is 5.48. The van der Waals surface area contributed by atoms with Crippen molar-refractivity contribution < 1.29 is 9.90 Å². The van der Waals surface area contributed by atoms with Gasteiger partial charge >= 0.3 is 0 Å². The van der Waals surface area contributed by atoms with Gasteiger partial charge in [0.05, 0.1) is 18.2 Å². The molecule has 1 aliphatic heterocycles. The Morgan fingerprint density at radius 1 is 1.42 bits per heavy atom. The summed E-state index contributed by atoms with van der Waals surface area (Å²) < 4.78 is 0. The van der Waals surface area contributed by atoms with Crippen molar-refractivity contribution in [3.8, 4) is 6.07 Å². The van der Waals surface area contributed by atoms with Crippen LogP contribution in [0.3, 0.4) is 0 Å². The first-order valence-corrected chi connectivity index (χ1v) is 7.18. The molecule has 0 bridgehead atoms. The minimum Gasteiger partial charge on any atom is -0.387 e. The maximum absolute atomic E-state index is 11.9. The predicted octanol–water partition coefficient (Wildman–Crippen LogP) is 0.786. The van der Waals surface area contributed by atoms with E-state index in [9.17, 15) is 15.2 Å². The van der Waals surface area contributed by atoms with Gasteiger partial charge in [-0.05, 0) is 32.1 Å². The summed E-state index contributed by atoms with van der Waals surface area (Å²) in [5, 5.41) is 22.1. The maximum atomic E-state index is 11.9. The number of hydrogen-bond acceptors (Lipinski definition) is 4. The Bertz CT molecular complexity index is 377. The molecule has 5 heteroatoms. The zero-order valence-electron chi connectivity index (χ0n) is 11.6. The molecule has 0 radical (unpaired) electrons. The molecule has 0 atom stereocenters. The first-order valence-electron chi connectivity index (χ1n) is 7.18. The molecule has 0 spiro atoms. The van der Waals surface area contributed by atoms with E-state index in [0.29, 0.717) is 13.1 Å². The quantitative estimate of drug-likeness (QED) is 0.770. The molecule has 2 N–H and O–H groups in total. The minimum atomic E-state index is -0.637. The van der Waals surface area contributed by atoms with Gasteiger partial charge in [-0.3, -0.25) is 9.69 Å². The molecule has 0 aromatic heterocycles. The van der Waals surface area contributed by atoms with Crippen molar-refractivity contribution in [3.05, 3.63) is 0 Å². The monoisotopic (exact) mass is 265 g/mol. The lowest BCUT2D eigenvalue weighted by Gasteiger charge is -2.46. The summed E-state index contributed by atoms with van der Waals surface area (Å²) in [5.74, 6) is -0.0954. The fraction of sp³-hybridized carbons (Fsp3) is 0.857. The Morgan fingerprint density at radius 2 is 2.05 bits per heavy atom. The third-order valence-corrected chi connectivity index (χ3v) is 4.17. The Balaban J connectivity index is 1.76. The van der Waals surface area contributed by atoms with Crippen molar-refractivity contribution in [2.45, 2.75) is 56.6 Å². The number of carbonyl (C=O) groups excluding carboxylic acids is 1. The fourth-order valence-corrected chi connectivity index (χ4v) is 3.27. The molecule has 0 unspecified atom stereocenters. The van der Waals surface area contributed by atoms with E-state index in [2.05, 4.69) is 11.4 Å². The van der Waals surface area contributed by atoms with E-state index in [-0.39, 0.29) is 12.5 Å². The lowest BCUT2D eigenvalue weighted by atomic mass is 9.89. The number of aliphatic hydroxyl groups is 1. The van der Waals surface area contributed by atoms with Crippen LogP contribution in [0.4, 0.5) is 0 Å². The molecule has 0 aromatic rings. The summed E-state index contributed by atoms with van der Waals surface area (Å²) in [6, 6.07) is 2.25. The lowest BCUT2D eigenvalue weighted by Crippen LogP contribution is -2.64. The van der Waals surface area contributed by atoms with Crippen LogP contribution in [0.25, 0.3) is 0 Å². The highest BCUT2D eigenvalue weighted by Gasteiger charge is 2.42. The van der Waals surface area contributed by atoms with Crippen molar-refractivity contribution in [3.63, 3.8) is 0 Å². The summed E-state index contributed by atoms with van der Waals surface area (Å²) in [4.78, 5) is 13.9. The number of β-amino-alcohol motifs (C(OH)–C–C–N with tert-alkyl or cyclic N) is 1. The van der Waals surface area contributed by atoms with Gasteiger partial charge in [-0.2, -0.15) is 5.26 Å². The van der Waals surface area contributed by atoms with Gasteiger partial charge in [-0.1, -0.05) is 13.3 Å². The summed E-state index contributed by atoms with van der Waals surface area (Å²) in [6.07, 6.45) is 5.27. The summed E-state index contributed by atoms with van der Waals surface area (Å²) in [5.41, 5.74) is -1.24. The summed E-state index contributed by atoms with van der Waals surface area (Å²) in [6.45, 7) is 3.46. The van der Waals surface area contributed by atoms with Gasteiger partial charge in [0.2, 0.25) is 5.91 Å². The molecule has 2 fully saturated rings. The number of hydrogen-bond donors (Lipinski definition) is 2. The number of nitrogens with one attached hydrogen (secondary N) is 1. The molecule has 1 saturated carbocycles. The highest BCUT2D eigenvalue weighted by molar-refractivity contribution is 5.79. The number of rotatable bonds is 5. The van der Waals surface area contributed by atoms with Crippen LogP contribution in [0.2, 0.25) is 0 Å². The molecule has 0 aromatic carbocycles. The summed E-state index contributed by atoms with van der Waals surface area (Å²) in [7, 11) is 0. The maximum Gasteiger partial charge on any atom is 0.235 e. The van der Waals surface area contributed by atoms with Gasteiger partial charge in [-0.25, -0.2) is 0 Å². The molecule has 5 nitrogen and oxygen atoms in total. The molecule has 19 heavy (non-hydrogen) atoms. The van der Waals surface area contributed by atoms with Gasteiger partial charge in [0.1, 0.15) is 5.54 Å². The predicted molar refractivity (Wildman–Crippen MR) is 71.3 cm³/mol. The van der Waals surface area contributed by atoms with Crippen LogP contribution >= 0.6 is 0 Å². The van der Waals surface area contributed by atoms with Gasteiger partial charge in [-0.15, -0.1) is 0 Å². The van der Waals surface area contributed by atoms with E-state index in [0.717, 1.165) is 38.5 Å². The second-order valence-corrected chi connectivity index (χ2v) is 6.07. The van der Waals surface area contributed by atoms with Crippen LogP contribution in [-0.4, -0.2) is 46.7 Å². The molecule has 1 heterocycles. The first kappa shape index (κ1) is 14.3. The zero-order chi connectivity index (χ0) is 13.9. The largest absolute Gasteiger partial charge is 0.387 e. The van der Waals surface area contributed by atoms with E-state index in [1.165, 1.54) is 0 Å². The zero-order valence-corrected chi connectivity index (χ0v) is 11.6. The molecule has 106 valence electrons. The van der Waals surface area contributed by atoms with Crippen molar-refractivity contribution in [1.29, 1.82) is 5.26 Å². The van der Waals surface area contributed by atoms with Crippen LogP contribution in [0.1, 0.15) is 45.4 Å². The number of amides is 1. The Kier molecular flexibility index (Phi) is 4.12. The van der Waals surface area contributed by atoms with Crippen LogP contribution in [0.5, 0.6) is 0 Å². The van der Waals surface area contributed by atoms with Gasteiger partial charge < -0.3 is 10.4 Å². The Hall–Kier alpha value is -1.12. The highest BCUT2D eigenvalue weighted by Crippen LogP contribution is 2.29. The standard InChI is InChI=1S/C14H23N3O2/c1-2-5-14(19)10-17(11-14)8-12(18)16-13(9-15)6-3-4-7-13/h19H,2-8,10-11H2,1H3,(H,16,18).